The summed E-state index contributed by atoms with van der Waals surface area (Å²) in [5, 5.41) is 3.94. The first-order valence-corrected chi connectivity index (χ1v) is 8.21. The molecule has 2 aromatic carbocycles. The molecule has 2 N–H and O–H groups in total. The number of nitrogens with one attached hydrogen (secondary N) is 2. The van der Waals surface area contributed by atoms with Gasteiger partial charge in [0.1, 0.15) is 5.75 Å². The fourth-order valence-electron chi connectivity index (χ4n) is 2.83. The molecule has 23 heavy (non-hydrogen) atoms. The van der Waals surface area contributed by atoms with Gasteiger partial charge in [-0.3, -0.25) is 4.79 Å². The lowest BCUT2D eigenvalue weighted by Crippen LogP contribution is -2.03. The van der Waals surface area contributed by atoms with Crippen LogP contribution < -0.4 is 10.1 Å². The first-order chi connectivity index (χ1) is 11.2. The Hall–Kier alpha value is -2.28. The lowest BCUT2D eigenvalue weighted by molar-refractivity contribution is -0.110. The van der Waals surface area contributed by atoms with Crippen LogP contribution in [-0.2, 0) is 4.79 Å². The van der Waals surface area contributed by atoms with Crippen LogP contribution in [0.2, 0.25) is 0 Å². The summed E-state index contributed by atoms with van der Waals surface area (Å²) in [5.41, 5.74) is 4.47. The first kappa shape index (κ1) is 14.3. The zero-order valence-electron chi connectivity index (χ0n) is 12.3. The molecule has 114 valence electrons. The normalized spacial score (nSPS) is 15.0. The van der Waals surface area contributed by atoms with Crippen LogP contribution in [0.3, 0.4) is 0 Å². The van der Waals surface area contributed by atoms with E-state index in [4.69, 9.17) is 4.74 Å². The highest BCUT2D eigenvalue weighted by Crippen LogP contribution is 2.35. The number of anilines is 1. The lowest BCUT2D eigenvalue weighted by atomic mass is 10.0. The van der Waals surface area contributed by atoms with E-state index in [-0.39, 0.29) is 5.91 Å². The lowest BCUT2D eigenvalue weighted by Gasteiger charge is -2.01. The average Bonchev–Trinajstić information content (AvgIpc) is 3.09. The molecular formula is C18H13IN2O2. The molecule has 0 atom stereocenters. The Bertz CT molecular complexity index is 972. The molecule has 0 spiro atoms. The van der Waals surface area contributed by atoms with Gasteiger partial charge in [-0.25, -0.2) is 0 Å². The van der Waals surface area contributed by atoms with Gasteiger partial charge in [0.2, 0.25) is 0 Å². The molecule has 4 nitrogen and oxygen atoms in total. The second-order valence-electron chi connectivity index (χ2n) is 5.36. The van der Waals surface area contributed by atoms with E-state index < -0.39 is 0 Å². The number of rotatable bonds is 2. The van der Waals surface area contributed by atoms with Crippen molar-refractivity contribution in [1.82, 2.24) is 4.98 Å². The van der Waals surface area contributed by atoms with Crippen LogP contribution in [0.15, 0.2) is 42.6 Å². The number of hydrogen-bond acceptors (Lipinski definition) is 2. The number of halogens is 1. The zero-order chi connectivity index (χ0) is 16.0. The van der Waals surface area contributed by atoms with Crippen LogP contribution in [-0.4, -0.2) is 18.0 Å². The molecule has 0 saturated heterocycles. The zero-order valence-corrected chi connectivity index (χ0v) is 14.5. The van der Waals surface area contributed by atoms with Gasteiger partial charge in [0.25, 0.3) is 5.91 Å². The number of methoxy groups -OCH3 is 1. The number of aromatic nitrogens is 1. The standard InChI is InChI=1S/C18H13IN2O2/c1-23-12-3-5-16-13(8-12)10(9-20-16)6-15-14-7-11(19)2-4-17(14)21-18(15)22/h2-9,20H,1H3,(H,21,22). The highest BCUT2D eigenvalue weighted by atomic mass is 127. The number of carbonyl (C=O) groups excluding carboxylic acids is 1. The molecule has 1 aromatic heterocycles. The largest absolute Gasteiger partial charge is 0.497 e. The molecule has 0 saturated carbocycles. The molecule has 0 radical (unpaired) electrons. The molecule has 1 aliphatic heterocycles. The summed E-state index contributed by atoms with van der Waals surface area (Å²) in [6.07, 6.45) is 3.84. The fraction of sp³-hybridized carbons (Fsp3) is 0.0556. The van der Waals surface area contributed by atoms with E-state index in [9.17, 15) is 4.79 Å². The van der Waals surface area contributed by atoms with E-state index in [1.165, 1.54) is 0 Å². The molecule has 1 amide bonds. The number of fused-ring (bicyclic) bond motifs is 2. The minimum Gasteiger partial charge on any atom is -0.497 e. The summed E-state index contributed by atoms with van der Waals surface area (Å²) >= 11 is 2.25. The van der Waals surface area contributed by atoms with E-state index in [1.807, 2.05) is 48.7 Å². The molecule has 3 aromatic rings. The van der Waals surface area contributed by atoms with Gasteiger partial charge in [-0.1, -0.05) is 0 Å². The number of benzene rings is 2. The van der Waals surface area contributed by atoms with Gasteiger partial charge in [-0.05, 0) is 65.1 Å². The summed E-state index contributed by atoms with van der Waals surface area (Å²) < 4.78 is 6.40. The number of aromatic amines is 1. The number of ether oxygens (including phenoxy) is 1. The molecule has 5 heteroatoms. The van der Waals surface area contributed by atoms with Gasteiger partial charge in [0, 0.05) is 43.1 Å². The maximum Gasteiger partial charge on any atom is 0.256 e. The van der Waals surface area contributed by atoms with Crippen molar-refractivity contribution in [3.63, 3.8) is 0 Å². The second-order valence-corrected chi connectivity index (χ2v) is 6.60. The molecule has 0 fully saturated rings. The highest BCUT2D eigenvalue weighted by Gasteiger charge is 2.24. The average molecular weight is 416 g/mol. The molecule has 2 heterocycles. The first-order valence-electron chi connectivity index (χ1n) is 7.14. The van der Waals surface area contributed by atoms with Gasteiger partial charge >= 0.3 is 0 Å². The van der Waals surface area contributed by atoms with Crippen molar-refractivity contribution < 1.29 is 9.53 Å². The Kier molecular flexibility index (Phi) is 3.37. The molecule has 0 aliphatic carbocycles. The summed E-state index contributed by atoms with van der Waals surface area (Å²) in [6.45, 7) is 0. The summed E-state index contributed by atoms with van der Waals surface area (Å²) in [5.74, 6) is 0.724. The predicted molar refractivity (Wildman–Crippen MR) is 101 cm³/mol. The third-order valence-electron chi connectivity index (χ3n) is 3.99. The Labute approximate surface area is 146 Å². The Morgan fingerprint density at radius 3 is 2.87 bits per heavy atom. The fourth-order valence-corrected chi connectivity index (χ4v) is 3.32. The van der Waals surface area contributed by atoms with E-state index in [0.717, 1.165) is 37.0 Å². The maximum absolute atomic E-state index is 12.3. The third-order valence-corrected chi connectivity index (χ3v) is 4.66. The van der Waals surface area contributed by atoms with Gasteiger partial charge in [0.05, 0.1) is 7.11 Å². The van der Waals surface area contributed by atoms with Crippen molar-refractivity contribution >= 4 is 56.7 Å². The number of H-pyrrole nitrogens is 1. The Morgan fingerprint density at radius 1 is 1.17 bits per heavy atom. The Balaban J connectivity index is 1.88. The van der Waals surface area contributed by atoms with Crippen LogP contribution in [0.25, 0.3) is 22.6 Å². The minimum atomic E-state index is -0.0701. The van der Waals surface area contributed by atoms with Crippen molar-refractivity contribution in [1.29, 1.82) is 0 Å². The topological polar surface area (TPSA) is 54.1 Å². The van der Waals surface area contributed by atoms with Crippen molar-refractivity contribution in [2.45, 2.75) is 0 Å². The van der Waals surface area contributed by atoms with Crippen molar-refractivity contribution in [3.05, 3.63) is 57.3 Å². The van der Waals surface area contributed by atoms with E-state index >= 15 is 0 Å². The van der Waals surface area contributed by atoms with E-state index in [0.29, 0.717) is 5.57 Å². The minimum absolute atomic E-state index is 0.0701. The van der Waals surface area contributed by atoms with Gasteiger partial charge in [-0.15, -0.1) is 0 Å². The van der Waals surface area contributed by atoms with Gasteiger partial charge < -0.3 is 15.0 Å². The molecule has 1 aliphatic rings. The van der Waals surface area contributed by atoms with Crippen molar-refractivity contribution in [2.75, 3.05) is 12.4 Å². The van der Waals surface area contributed by atoms with Gasteiger partial charge in [-0.2, -0.15) is 0 Å². The summed E-state index contributed by atoms with van der Waals surface area (Å²) in [7, 11) is 1.65. The van der Waals surface area contributed by atoms with Crippen LogP contribution in [0, 0.1) is 3.57 Å². The quantitative estimate of drug-likeness (QED) is 0.484. The molecule has 0 bridgehead atoms. The Morgan fingerprint density at radius 2 is 2.04 bits per heavy atom. The smallest absolute Gasteiger partial charge is 0.256 e. The number of hydrogen-bond donors (Lipinski definition) is 2. The predicted octanol–water partition coefficient (Wildman–Crippen LogP) is 4.27. The maximum atomic E-state index is 12.3. The van der Waals surface area contributed by atoms with Crippen molar-refractivity contribution in [2.24, 2.45) is 0 Å². The van der Waals surface area contributed by atoms with Crippen LogP contribution in [0.1, 0.15) is 11.1 Å². The summed E-state index contributed by atoms with van der Waals surface area (Å²) in [4.78, 5) is 15.5. The van der Waals surface area contributed by atoms with Crippen LogP contribution >= 0.6 is 22.6 Å². The number of carbonyl (C=O) groups is 1. The molecule has 4 rings (SSSR count). The summed E-state index contributed by atoms with van der Waals surface area (Å²) in [6, 6.07) is 11.8. The number of amides is 1. The van der Waals surface area contributed by atoms with Crippen LogP contribution in [0.4, 0.5) is 5.69 Å². The third kappa shape index (κ3) is 2.41. The van der Waals surface area contributed by atoms with E-state index in [2.05, 4.69) is 32.9 Å². The second kappa shape index (κ2) is 5.42. The van der Waals surface area contributed by atoms with Crippen molar-refractivity contribution in [3.8, 4) is 5.75 Å². The SMILES string of the molecule is COc1ccc2[nH]cc(C=C3C(=O)Nc4ccc(I)cc43)c2c1. The monoisotopic (exact) mass is 416 g/mol. The highest BCUT2D eigenvalue weighted by molar-refractivity contribution is 14.1. The van der Waals surface area contributed by atoms with Gasteiger partial charge in [0.15, 0.2) is 0 Å². The molecular weight excluding hydrogens is 403 g/mol. The van der Waals surface area contributed by atoms with Crippen LogP contribution in [0.5, 0.6) is 5.75 Å². The molecule has 0 unspecified atom stereocenters. The van der Waals surface area contributed by atoms with E-state index in [1.54, 1.807) is 7.11 Å².